The molecule has 0 spiro atoms. The number of phenolic OH excluding ortho intramolecular Hbond substituents is 1. The largest absolute Gasteiger partial charge is 0.508 e. The highest BCUT2D eigenvalue weighted by atomic mass is 19.2. The summed E-state index contributed by atoms with van der Waals surface area (Å²) in [7, 11) is 0. The summed E-state index contributed by atoms with van der Waals surface area (Å²) in [6, 6.07) is 6.24. The smallest absolute Gasteiger partial charge is 0.321 e. The molecule has 10 heteroatoms. The van der Waals surface area contributed by atoms with E-state index in [1.165, 1.54) is 12.2 Å². The minimum absolute atomic E-state index is 0.0356. The molecule has 3 N–H and O–H groups in total. The lowest BCUT2D eigenvalue weighted by molar-refractivity contribution is -0.147. The molecule has 2 aromatic carbocycles. The van der Waals surface area contributed by atoms with Crippen molar-refractivity contribution in [1.29, 1.82) is 0 Å². The first kappa shape index (κ1) is 26.8. The van der Waals surface area contributed by atoms with Crippen LogP contribution in [0.25, 0.3) is 17.0 Å². The molecular formula is C29H30F3N3O4. The predicted octanol–water partition coefficient (Wildman–Crippen LogP) is 4.88. The van der Waals surface area contributed by atoms with Gasteiger partial charge in [-0.3, -0.25) is 14.5 Å². The number of carbonyl (C=O) groups excluding carboxylic acids is 1. The van der Waals surface area contributed by atoms with Crippen LogP contribution in [0, 0.1) is 23.4 Å². The summed E-state index contributed by atoms with van der Waals surface area (Å²) in [5, 5.41) is 21.0. The highest BCUT2D eigenvalue weighted by Crippen LogP contribution is 2.36. The molecule has 0 saturated carbocycles. The van der Waals surface area contributed by atoms with Crippen LogP contribution in [0.15, 0.2) is 42.6 Å². The number of fused-ring (bicyclic) bond motifs is 1. The van der Waals surface area contributed by atoms with Gasteiger partial charge in [0.15, 0.2) is 17.5 Å². The zero-order valence-corrected chi connectivity index (χ0v) is 21.2. The number of amides is 1. The molecule has 1 aromatic heterocycles. The normalized spacial score (nSPS) is 18.7. The summed E-state index contributed by atoms with van der Waals surface area (Å²) < 4.78 is 40.0. The number of carboxylic acids is 1. The van der Waals surface area contributed by atoms with Gasteiger partial charge in [0, 0.05) is 36.3 Å². The van der Waals surface area contributed by atoms with Crippen LogP contribution < -0.4 is 0 Å². The molecule has 0 radical (unpaired) electrons. The van der Waals surface area contributed by atoms with Crippen molar-refractivity contribution in [2.24, 2.45) is 5.92 Å². The Morgan fingerprint density at radius 1 is 0.974 bits per heavy atom. The van der Waals surface area contributed by atoms with E-state index in [0.717, 1.165) is 41.4 Å². The predicted molar refractivity (Wildman–Crippen MR) is 140 cm³/mol. The first-order valence-electron chi connectivity index (χ1n) is 13.1. The molecule has 1 unspecified atom stereocenters. The van der Waals surface area contributed by atoms with Crippen LogP contribution in [-0.2, 0) is 9.59 Å². The van der Waals surface area contributed by atoms with Crippen molar-refractivity contribution in [3.63, 3.8) is 0 Å². The second-order valence-corrected chi connectivity index (χ2v) is 10.4. The van der Waals surface area contributed by atoms with Gasteiger partial charge in [-0.25, -0.2) is 13.2 Å². The zero-order chi connectivity index (χ0) is 27.7. The van der Waals surface area contributed by atoms with Crippen LogP contribution in [0.5, 0.6) is 5.75 Å². The first-order valence-corrected chi connectivity index (χ1v) is 13.1. The SMILES string of the molecule is O=C(O)C(C1CCN(C(=O)/C=C/c2cc(F)c(F)c(F)c2)CC1)N1CCC(c2c[nH]c3ccc(O)cc23)CC1. The maximum atomic E-state index is 13.4. The van der Waals surface area contributed by atoms with E-state index in [9.17, 15) is 33.0 Å². The van der Waals surface area contributed by atoms with Crippen molar-refractivity contribution in [3.05, 3.63) is 71.2 Å². The van der Waals surface area contributed by atoms with Crippen molar-refractivity contribution in [2.75, 3.05) is 26.2 Å². The molecule has 2 saturated heterocycles. The summed E-state index contributed by atoms with van der Waals surface area (Å²) >= 11 is 0. The number of nitrogens with zero attached hydrogens (tertiary/aromatic N) is 2. The summed E-state index contributed by atoms with van der Waals surface area (Å²) in [5.41, 5.74) is 2.13. The van der Waals surface area contributed by atoms with Crippen molar-refractivity contribution < 1.29 is 33.0 Å². The van der Waals surface area contributed by atoms with Crippen LogP contribution in [0.2, 0.25) is 0 Å². The fraction of sp³-hybridized carbons (Fsp3) is 0.379. The second kappa shape index (κ2) is 11.1. The number of aromatic nitrogens is 1. The molecule has 2 aliphatic rings. The number of H-pyrrole nitrogens is 1. The fourth-order valence-corrected chi connectivity index (χ4v) is 5.99. The maximum absolute atomic E-state index is 13.4. The van der Waals surface area contributed by atoms with E-state index in [0.29, 0.717) is 39.0 Å². The number of rotatable bonds is 6. The molecule has 7 nitrogen and oxygen atoms in total. The van der Waals surface area contributed by atoms with E-state index in [-0.39, 0.29) is 29.1 Å². The summed E-state index contributed by atoms with van der Waals surface area (Å²) in [6.45, 7) is 2.03. The van der Waals surface area contributed by atoms with E-state index >= 15 is 0 Å². The summed E-state index contributed by atoms with van der Waals surface area (Å²) in [6.07, 6.45) is 7.06. The standard InChI is InChI=1S/C29H30F3N3O4/c30-23-13-17(14-24(31)27(23)32)1-4-26(37)34-9-7-19(8-10-34)28(29(38)39)35-11-5-18(6-12-35)22-16-33-25-3-2-20(36)15-21(22)25/h1-4,13-16,18-19,28,33,36H,5-12H2,(H,38,39)/b4-1+. The van der Waals surface area contributed by atoms with Crippen molar-refractivity contribution in [3.8, 4) is 5.75 Å². The monoisotopic (exact) mass is 541 g/mol. The number of halogens is 3. The van der Waals surface area contributed by atoms with Gasteiger partial charge >= 0.3 is 5.97 Å². The molecule has 3 aromatic rings. The summed E-state index contributed by atoms with van der Waals surface area (Å²) in [4.78, 5) is 31.8. The van der Waals surface area contributed by atoms with E-state index in [2.05, 4.69) is 4.98 Å². The number of carboxylic acid groups (broad SMARTS) is 1. The van der Waals surface area contributed by atoms with Crippen molar-refractivity contribution in [2.45, 2.75) is 37.6 Å². The molecular weight excluding hydrogens is 511 g/mol. The second-order valence-electron chi connectivity index (χ2n) is 10.4. The number of aromatic hydroxyl groups is 1. The Morgan fingerprint density at radius 3 is 2.28 bits per heavy atom. The molecule has 1 atom stereocenters. The lowest BCUT2D eigenvalue weighted by Gasteiger charge is -2.41. The lowest BCUT2D eigenvalue weighted by atomic mass is 9.84. The molecule has 3 heterocycles. The molecule has 0 aliphatic carbocycles. The number of benzene rings is 2. The highest BCUT2D eigenvalue weighted by Gasteiger charge is 2.38. The Balaban J connectivity index is 1.17. The van der Waals surface area contributed by atoms with E-state index < -0.39 is 29.5 Å². The van der Waals surface area contributed by atoms with Crippen molar-refractivity contribution >= 4 is 28.9 Å². The molecule has 1 amide bonds. The van der Waals surface area contributed by atoms with Gasteiger partial charge < -0.3 is 20.1 Å². The molecule has 0 bridgehead atoms. The van der Waals surface area contributed by atoms with Crippen molar-refractivity contribution in [1.82, 2.24) is 14.8 Å². The Bertz CT molecular complexity index is 1380. The Labute approximate surface area is 223 Å². The van der Waals surface area contributed by atoms with E-state index in [1.807, 2.05) is 17.2 Å². The van der Waals surface area contributed by atoms with Gasteiger partial charge in [0.2, 0.25) is 5.91 Å². The van der Waals surface area contributed by atoms with E-state index in [1.54, 1.807) is 17.0 Å². The average molecular weight is 542 g/mol. The average Bonchev–Trinajstić information content (AvgIpc) is 3.34. The van der Waals surface area contributed by atoms with Gasteiger partial charge in [-0.1, -0.05) is 0 Å². The quantitative estimate of drug-likeness (QED) is 0.306. The number of carbonyl (C=O) groups is 2. The molecule has 5 rings (SSSR count). The fourth-order valence-electron chi connectivity index (χ4n) is 5.99. The Hall–Kier alpha value is -3.79. The number of phenols is 1. The number of likely N-dealkylation sites (tertiary alicyclic amines) is 2. The molecule has 2 fully saturated rings. The van der Waals surface area contributed by atoms with Crippen LogP contribution in [0.4, 0.5) is 13.2 Å². The third kappa shape index (κ3) is 5.66. The topological polar surface area (TPSA) is 96.9 Å². The number of aromatic amines is 1. The van der Waals surface area contributed by atoms with Gasteiger partial charge in [-0.05, 0) is 98.1 Å². The van der Waals surface area contributed by atoms with E-state index in [4.69, 9.17) is 0 Å². The number of hydrogen-bond acceptors (Lipinski definition) is 4. The Kier molecular flexibility index (Phi) is 7.65. The lowest BCUT2D eigenvalue weighted by Crippen LogP contribution is -2.52. The van der Waals surface area contributed by atoms with Crippen LogP contribution >= 0.6 is 0 Å². The number of hydrogen-bond donors (Lipinski definition) is 3. The van der Waals surface area contributed by atoms with Gasteiger partial charge in [-0.15, -0.1) is 0 Å². The maximum Gasteiger partial charge on any atom is 0.321 e. The number of piperidine rings is 2. The minimum Gasteiger partial charge on any atom is -0.508 e. The number of aliphatic carboxylic acids is 1. The zero-order valence-electron chi connectivity index (χ0n) is 21.2. The molecule has 2 aliphatic heterocycles. The number of nitrogens with one attached hydrogen (secondary N) is 1. The Morgan fingerprint density at radius 2 is 1.64 bits per heavy atom. The van der Waals surface area contributed by atoms with Gasteiger partial charge in [-0.2, -0.15) is 0 Å². The van der Waals surface area contributed by atoms with Gasteiger partial charge in [0.05, 0.1) is 0 Å². The van der Waals surface area contributed by atoms with Crippen LogP contribution in [0.1, 0.15) is 42.7 Å². The van der Waals surface area contributed by atoms with Crippen LogP contribution in [-0.4, -0.2) is 69.1 Å². The molecule has 206 valence electrons. The van der Waals surface area contributed by atoms with Gasteiger partial charge in [0.25, 0.3) is 0 Å². The third-order valence-corrected chi connectivity index (χ3v) is 8.04. The first-order chi connectivity index (χ1) is 18.7. The van der Waals surface area contributed by atoms with Crippen LogP contribution in [0.3, 0.4) is 0 Å². The van der Waals surface area contributed by atoms with Gasteiger partial charge in [0.1, 0.15) is 11.8 Å². The third-order valence-electron chi connectivity index (χ3n) is 8.04. The summed E-state index contributed by atoms with van der Waals surface area (Å²) in [5.74, 6) is -5.06. The minimum atomic E-state index is -1.56. The highest BCUT2D eigenvalue weighted by molar-refractivity contribution is 5.92. The molecule has 39 heavy (non-hydrogen) atoms.